The van der Waals surface area contributed by atoms with E-state index in [9.17, 15) is 9.59 Å². The van der Waals surface area contributed by atoms with Gasteiger partial charge in [-0.3, -0.25) is 9.59 Å². The summed E-state index contributed by atoms with van der Waals surface area (Å²) in [6, 6.07) is 12.5. The summed E-state index contributed by atoms with van der Waals surface area (Å²) in [5, 5.41) is 6.05. The number of carbonyl (C=O) groups excluding carboxylic acids is 2. The van der Waals surface area contributed by atoms with Crippen molar-refractivity contribution >= 4 is 45.0 Å². The van der Waals surface area contributed by atoms with E-state index in [4.69, 9.17) is 11.6 Å². The molecule has 0 bridgehead atoms. The first-order chi connectivity index (χ1) is 11.5. The van der Waals surface area contributed by atoms with E-state index in [0.717, 1.165) is 22.1 Å². The van der Waals surface area contributed by atoms with Crippen LogP contribution < -0.4 is 10.6 Å². The summed E-state index contributed by atoms with van der Waals surface area (Å²) in [6.07, 6.45) is 1.32. The molecule has 6 heteroatoms. The predicted molar refractivity (Wildman–Crippen MR) is 100 cm³/mol. The van der Waals surface area contributed by atoms with Gasteiger partial charge in [0.2, 0.25) is 5.91 Å². The summed E-state index contributed by atoms with van der Waals surface area (Å²) in [4.78, 5) is 23.7. The van der Waals surface area contributed by atoms with Gasteiger partial charge in [-0.1, -0.05) is 46.6 Å². The minimum absolute atomic E-state index is 0.00318. The summed E-state index contributed by atoms with van der Waals surface area (Å²) >= 11 is 9.38. The second kappa shape index (κ2) is 8.85. The van der Waals surface area contributed by atoms with Crippen LogP contribution in [0.1, 0.15) is 35.7 Å². The van der Waals surface area contributed by atoms with E-state index in [-0.39, 0.29) is 11.8 Å². The maximum absolute atomic E-state index is 12.2. The Balaban J connectivity index is 1.92. The maximum atomic E-state index is 12.2. The molecule has 2 N–H and O–H groups in total. The van der Waals surface area contributed by atoms with Crippen molar-refractivity contribution < 1.29 is 9.59 Å². The van der Waals surface area contributed by atoms with Gasteiger partial charge in [0.25, 0.3) is 5.91 Å². The normalized spacial score (nSPS) is 10.3. The first kappa shape index (κ1) is 18.5. The van der Waals surface area contributed by atoms with Crippen LogP contribution in [-0.4, -0.2) is 11.8 Å². The van der Waals surface area contributed by atoms with Gasteiger partial charge in [0.15, 0.2) is 0 Å². The van der Waals surface area contributed by atoms with Gasteiger partial charge in [0.05, 0.1) is 10.6 Å². The van der Waals surface area contributed by atoms with Gasteiger partial charge in [-0.25, -0.2) is 0 Å². The Morgan fingerprint density at radius 3 is 2.46 bits per heavy atom. The zero-order valence-electron chi connectivity index (χ0n) is 13.2. The predicted octanol–water partition coefficient (Wildman–Crippen LogP) is 4.77. The average molecular weight is 410 g/mol. The number of halogens is 2. The van der Waals surface area contributed by atoms with Crippen molar-refractivity contribution in [1.29, 1.82) is 0 Å². The Hall–Kier alpha value is -1.85. The summed E-state index contributed by atoms with van der Waals surface area (Å²) in [5.74, 6) is -0.226. The molecule has 0 aromatic heterocycles. The third kappa shape index (κ3) is 5.35. The summed E-state index contributed by atoms with van der Waals surface area (Å²) in [5.41, 5.74) is 2.12. The lowest BCUT2D eigenvalue weighted by Gasteiger charge is -2.09. The standard InChI is InChI=1S/C18H18BrClN2O2/c1-2-3-17(23)22-14-7-4-12(5-8-14)11-21-18(24)15-9-6-13(19)10-16(15)20/h4-10H,2-3,11H2,1H3,(H,21,24)(H,22,23). The molecule has 2 aromatic carbocycles. The molecule has 24 heavy (non-hydrogen) atoms. The van der Waals surface area contributed by atoms with Gasteiger partial charge >= 0.3 is 0 Å². The lowest BCUT2D eigenvalue weighted by molar-refractivity contribution is -0.116. The number of anilines is 1. The van der Waals surface area contributed by atoms with Crippen LogP contribution in [0.15, 0.2) is 46.9 Å². The van der Waals surface area contributed by atoms with Crippen LogP contribution in [0.25, 0.3) is 0 Å². The molecule has 0 atom stereocenters. The number of nitrogens with one attached hydrogen (secondary N) is 2. The first-order valence-electron chi connectivity index (χ1n) is 7.61. The lowest BCUT2D eigenvalue weighted by Crippen LogP contribution is -2.23. The van der Waals surface area contributed by atoms with Crippen molar-refractivity contribution in [3.63, 3.8) is 0 Å². The van der Waals surface area contributed by atoms with E-state index in [1.807, 2.05) is 31.2 Å². The number of carbonyl (C=O) groups is 2. The zero-order chi connectivity index (χ0) is 17.5. The van der Waals surface area contributed by atoms with Gasteiger partial charge in [-0.05, 0) is 42.3 Å². The minimum Gasteiger partial charge on any atom is -0.348 e. The Labute approximate surface area is 154 Å². The van der Waals surface area contributed by atoms with Gasteiger partial charge in [0.1, 0.15) is 0 Å². The van der Waals surface area contributed by atoms with Crippen LogP contribution in [0, 0.1) is 0 Å². The van der Waals surface area contributed by atoms with Gasteiger partial charge in [-0.2, -0.15) is 0 Å². The second-order valence-corrected chi connectivity index (χ2v) is 6.62. The largest absolute Gasteiger partial charge is 0.348 e. The van der Waals surface area contributed by atoms with Crippen molar-refractivity contribution in [2.45, 2.75) is 26.3 Å². The highest BCUT2D eigenvalue weighted by Crippen LogP contribution is 2.21. The van der Waals surface area contributed by atoms with Crippen molar-refractivity contribution in [1.82, 2.24) is 5.32 Å². The molecule has 0 aliphatic rings. The smallest absolute Gasteiger partial charge is 0.253 e. The fourth-order valence-corrected chi connectivity index (χ4v) is 2.87. The fraction of sp³-hybridized carbons (Fsp3) is 0.222. The highest BCUT2D eigenvalue weighted by molar-refractivity contribution is 9.10. The highest BCUT2D eigenvalue weighted by atomic mass is 79.9. The van der Waals surface area contributed by atoms with Crippen LogP contribution in [0.3, 0.4) is 0 Å². The monoisotopic (exact) mass is 408 g/mol. The Bertz CT molecular complexity index is 732. The number of hydrogen-bond donors (Lipinski definition) is 2. The molecule has 2 aromatic rings. The summed E-state index contributed by atoms with van der Waals surface area (Å²) in [6.45, 7) is 2.34. The Kier molecular flexibility index (Phi) is 6.82. The van der Waals surface area contributed by atoms with Gasteiger partial charge in [0, 0.05) is 23.1 Å². The fourth-order valence-electron chi connectivity index (χ4n) is 2.11. The second-order valence-electron chi connectivity index (χ2n) is 5.30. The SMILES string of the molecule is CCCC(=O)Nc1ccc(CNC(=O)c2ccc(Br)cc2Cl)cc1. The molecular formula is C18H18BrClN2O2. The molecule has 0 saturated heterocycles. The van der Waals surface area contributed by atoms with E-state index >= 15 is 0 Å². The van der Waals surface area contributed by atoms with Crippen LogP contribution in [-0.2, 0) is 11.3 Å². The summed E-state index contributed by atoms with van der Waals surface area (Å²) in [7, 11) is 0. The number of rotatable bonds is 6. The molecule has 0 saturated carbocycles. The van der Waals surface area contributed by atoms with Crippen molar-refractivity contribution in [3.05, 3.63) is 63.1 Å². The van der Waals surface area contributed by atoms with Crippen LogP contribution in [0.2, 0.25) is 5.02 Å². The Morgan fingerprint density at radius 1 is 1.12 bits per heavy atom. The quantitative estimate of drug-likeness (QED) is 0.722. The maximum Gasteiger partial charge on any atom is 0.253 e. The third-order valence-electron chi connectivity index (χ3n) is 3.34. The lowest BCUT2D eigenvalue weighted by atomic mass is 10.1. The summed E-state index contributed by atoms with van der Waals surface area (Å²) < 4.78 is 0.824. The molecular weight excluding hydrogens is 392 g/mol. The molecule has 2 rings (SSSR count). The van der Waals surface area contributed by atoms with Crippen molar-refractivity contribution in [3.8, 4) is 0 Å². The molecule has 4 nitrogen and oxygen atoms in total. The zero-order valence-corrected chi connectivity index (χ0v) is 15.6. The molecule has 0 spiro atoms. The topological polar surface area (TPSA) is 58.2 Å². The third-order valence-corrected chi connectivity index (χ3v) is 4.15. The first-order valence-corrected chi connectivity index (χ1v) is 8.78. The minimum atomic E-state index is -0.229. The molecule has 0 aliphatic carbocycles. The molecule has 0 heterocycles. The number of amides is 2. The molecule has 0 radical (unpaired) electrons. The van der Waals surface area contributed by atoms with E-state index in [1.54, 1.807) is 18.2 Å². The molecule has 0 fully saturated rings. The van der Waals surface area contributed by atoms with Crippen molar-refractivity contribution in [2.24, 2.45) is 0 Å². The van der Waals surface area contributed by atoms with Crippen LogP contribution in [0.4, 0.5) is 5.69 Å². The molecule has 126 valence electrons. The van der Waals surface area contributed by atoms with Crippen molar-refractivity contribution in [2.75, 3.05) is 5.32 Å². The average Bonchev–Trinajstić information content (AvgIpc) is 2.54. The van der Waals surface area contributed by atoms with Crippen LogP contribution >= 0.6 is 27.5 Å². The van der Waals surface area contributed by atoms with E-state index in [0.29, 0.717) is 23.6 Å². The molecule has 0 aliphatic heterocycles. The molecule has 0 unspecified atom stereocenters. The van der Waals surface area contributed by atoms with E-state index in [1.165, 1.54) is 0 Å². The van der Waals surface area contributed by atoms with Crippen LogP contribution in [0.5, 0.6) is 0 Å². The van der Waals surface area contributed by atoms with Gasteiger partial charge in [-0.15, -0.1) is 0 Å². The van der Waals surface area contributed by atoms with E-state index < -0.39 is 0 Å². The Morgan fingerprint density at radius 2 is 1.83 bits per heavy atom. The number of benzene rings is 2. The molecule has 2 amide bonds. The van der Waals surface area contributed by atoms with Gasteiger partial charge < -0.3 is 10.6 Å². The van der Waals surface area contributed by atoms with E-state index in [2.05, 4.69) is 26.6 Å². The highest BCUT2D eigenvalue weighted by Gasteiger charge is 2.10. The number of hydrogen-bond acceptors (Lipinski definition) is 2.